The van der Waals surface area contributed by atoms with E-state index in [4.69, 9.17) is 9.47 Å². The number of carbonyl (C=O) groups is 2. The van der Waals surface area contributed by atoms with Crippen LogP contribution in [0.25, 0.3) is 22.1 Å². The molecule has 0 saturated heterocycles. The van der Waals surface area contributed by atoms with Crippen molar-refractivity contribution in [2.75, 3.05) is 13.2 Å². The Labute approximate surface area is 201 Å². The van der Waals surface area contributed by atoms with Crippen LogP contribution in [0.4, 0.5) is 17.6 Å². The van der Waals surface area contributed by atoms with Crippen LogP contribution in [0.3, 0.4) is 0 Å². The van der Waals surface area contributed by atoms with Gasteiger partial charge >= 0.3 is 11.9 Å². The summed E-state index contributed by atoms with van der Waals surface area (Å²) in [6, 6.07) is 3.30. The van der Waals surface area contributed by atoms with Gasteiger partial charge in [-0.25, -0.2) is 47.1 Å². The number of rotatable bonds is 7. The number of fused-ring (bicyclic) bond motifs is 2. The number of carbonyl (C=O) groups excluding carboxylic acids is 2. The van der Waals surface area contributed by atoms with Crippen molar-refractivity contribution in [3.05, 3.63) is 70.3 Å². The van der Waals surface area contributed by atoms with Crippen molar-refractivity contribution >= 4 is 34.0 Å². The molecule has 2 heterocycles. The van der Waals surface area contributed by atoms with Crippen molar-refractivity contribution in [1.82, 2.24) is 19.9 Å². The maximum Gasteiger partial charge on any atom is 0.358 e. The van der Waals surface area contributed by atoms with Crippen molar-refractivity contribution in [3.63, 3.8) is 0 Å². The average molecular weight is 502 g/mol. The second kappa shape index (κ2) is 10.2. The third-order valence-electron chi connectivity index (χ3n) is 5.09. The minimum absolute atomic E-state index is 0.00953. The lowest BCUT2D eigenvalue weighted by atomic mass is 10.1. The lowest BCUT2D eigenvalue weighted by Gasteiger charge is -2.12. The normalized spacial score (nSPS) is 11.2. The SMILES string of the molecule is CCOC(=O)c1nc2cc(F)c(F)cc2nc1CCc1nc2cc(F)c(F)cc2nc1C(=O)OCC. The van der Waals surface area contributed by atoms with Gasteiger partial charge in [-0.15, -0.1) is 0 Å². The molecular formula is C24H18F4N4O4. The average Bonchev–Trinajstić information content (AvgIpc) is 2.83. The van der Waals surface area contributed by atoms with E-state index in [1.807, 2.05) is 0 Å². The van der Waals surface area contributed by atoms with Gasteiger partial charge in [0.1, 0.15) is 0 Å². The van der Waals surface area contributed by atoms with Gasteiger partial charge in [-0.05, 0) is 26.7 Å². The number of halogens is 4. The molecular weight excluding hydrogens is 484 g/mol. The predicted molar refractivity (Wildman–Crippen MR) is 118 cm³/mol. The molecule has 36 heavy (non-hydrogen) atoms. The van der Waals surface area contributed by atoms with Crippen LogP contribution in [-0.2, 0) is 22.3 Å². The minimum atomic E-state index is -1.16. The van der Waals surface area contributed by atoms with Gasteiger partial charge in [-0.2, -0.15) is 0 Å². The van der Waals surface area contributed by atoms with Crippen molar-refractivity contribution in [2.45, 2.75) is 26.7 Å². The van der Waals surface area contributed by atoms with E-state index < -0.39 is 35.2 Å². The van der Waals surface area contributed by atoms with Gasteiger partial charge in [0.2, 0.25) is 0 Å². The summed E-state index contributed by atoms with van der Waals surface area (Å²) in [5.74, 6) is -6.28. The van der Waals surface area contributed by atoms with Crippen LogP contribution < -0.4 is 0 Å². The first-order chi connectivity index (χ1) is 17.2. The molecule has 0 radical (unpaired) electrons. The van der Waals surface area contributed by atoms with Gasteiger partial charge in [0.25, 0.3) is 0 Å². The van der Waals surface area contributed by atoms with Crippen LogP contribution in [0, 0.1) is 23.3 Å². The first kappa shape index (κ1) is 24.9. The van der Waals surface area contributed by atoms with E-state index in [-0.39, 0.29) is 70.9 Å². The lowest BCUT2D eigenvalue weighted by molar-refractivity contribution is 0.0507. The molecule has 2 aromatic heterocycles. The Morgan fingerprint density at radius 2 is 0.917 bits per heavy atom. The molecule has 0 N–H and O–H groups in total. The standard InChI is InChI=1S/C24H18F4N4O4/c1-3-35-23(33)21-15(29-17-7-11(25)13(27)9-19(17)31-21)5-6-16-22(24(34)36-4-2)32-20-10-14(28)12(26)8-18(20)30-16/h7-10H,3-6H2,1-2H3. The molecule has 4 aromatic rings. The van der Waals surface area contributed by atoms with Gasteiger partial charge in [-0.3, -0.25) is 0 Å². The highest BCUT2D eigenvalue weighted by molar-refractivity contribution is 5.92. The number of aromatic nitrogens is 4. The van der Waals surface area contributed by atoms with Gasteiger partial charge in [-0.1, -0.05) is 0 Å². The first-order valence-corrected chi connectivity index (χ1v) is 10.9. The quantitative estimate of drug-likeness (QED) is 0.273. The molecule has 0 fully saturated rings. The summed E-state index contributed by atoms with van der Waals surface area (Å²) in [6.45, 7) is 3.22. The molecule has 0 bridgehead atoms. The summed E-state index contributed by atoms with van der Waals surface area (Å²) >= 11 is 0. The maximum absolute atomic E-state index is 13.8. The fourth-order valence-corrected chi connectivity index (χ4v) is 3.49. The topological polar surface area (TPSA) is 104 Å². The van der Waals surface area contributed by atoms with E-state index in [1.54, 1.807) is 13.8 Å². The van der Waals surface area contributed by atoms with Crippen molar-refractivity contribution in [3.8, 4) is 0 Å². The molecule has 0 aliphatic rings. The second-order valence-corrected chi connectivity index (χ2v) is 7.49. The van der Waals surface area contributed by atoms with Crippen molar-refractivity contribution in [1.29, 1.82) is 0 Å². The Hall–Kier alpha value is -4.22. The third-order valence-corrected chi connectivity index (χ3v) is 5.09. The van der Waals surface area contributed by atoms with Gasteiger partial charge in [0, 0.05) is 24.3 Å². The molecule has 0 aliphatic heterocycles. The fraction of sp³-hybridized carbons (Fsp3) is 0.250. The zero-order chi connectivity index (χ0) is 26.0. The molecule has 12 heteroatoms. The Morgan fingerprint density at radius 1 is 0.611 bits per heavy atom. The Bertz CT molecular complexity index is 1400. The Kier molecular flexibility index (Phi) is 7.04. The highest BCUT2D eigenvalue weighted by atomic mass is 19.2. The molecule has 0 amide bonds. The molecule has 0 saturated carbocycles. The summed E-state index contributed by atoms with van der Waals surface area (Å²) < 4.78 is 65.0. The molecule has 2 aromatic carbocycles. The van der Waals surface area contributed by atoms with Crippen molar-refractivity contribution < 1.29 is 36.6 Å². The molecule has 0 aliphatic carbocycles. The highest BCUT2D eigenvalue weighted by Gasteiger charge is 2.23. The second-order valence-electron chi connectivity index (χ2n) is 7.49. The largest absolute Gasteiger partial charge is 0.461 e. The van der Waals surface area contributed by atoms with Crippen LogP contribution in [0.15, 0.2) is 24.3 Å². The lowest BCUT2D eigenvalue weighted by Crippen LogP contribution is -2.16. The van der Waals surface area contributed by atoms with Crippen LogP contribution in [0.5, 0.6) is 0 Å². The Morgan fingerprint density at radius 3 is 1.22 bits per heavy atom. The first-order valence-electron chi connectivity index (χ1n) is 10.9. The summed E-state index contributed by atoms with van der Waals surface area (Å²) in [6.07, 6.45) is -0.126. The van der Waals surface area contributed by atoms with Gasteiger partial charge in [0.05, 0.1) is 46.7 Å². The molecule has 0 atom stereocenters. The zero-order valence-corrected chi connectivity index (χ0v) is 19.1. The zero-order valence-electron chi connectivity index (χ0n) is 19.1. The van der Waals surface area contributed by atoms with E-state index in [0.29, 0.717) is 0 Å². The van der Waals surface area contributed by atoms with Crippen LogP contribution in [0.2, 0.25) is 0 Å². The monoisotopic (exact) mass is 502 g/mol. The van der Waals surface area contributed by atoms with Gasteiger partial charge < -0.3 is 9.47 Å². The number of aryl methyl sites for hydroxylation is 2. The number of hydrogen-bond donors (Lipinski definition) is 0. The third kappa shape index (κ3) is 4.92. The number of esters is 2. The maximum atomic E-state index is 13.8. The smallest absolute Gasteiger partial charge is 0.358 e. The highest BCUT2D eigenvalue weighted by Crippen LogP contribution is 2.22. The molecule has 4 rings (SSSR count). The number of hydrogen-bond acceptors (Lipinski definition) is 8. The Balaban J connectivity index is 1.79. The summed E-state index contributed by atoms with van der Waals surface area (Å²) in [4.78, 5) is 41.7. The summed E-state index contributed by atoms with van der Waals surface area (Å²) in [7, 11) is 0. The van der Waals surface area contributed by atoms with E-state index in [9.17, 15) is 27.2 Å². The van der Waals surface area contributed by atoms with E-state index in [2.05, 4.69) is 19.9 Å². The predicted octanol–water partition coefficient (Wildman–Crippen LogP) is 4.27. The number of nitrogens with zero attached hydrogens (tertiary/aromatic N) is 4. The van der Waals surface area contributed by atoms with Crippen LogP contribution in [-0.4, -0.2) is 45.1 Å². The van der Waals surface area contributed by atoms with Crippen molar-refractivity contribution in [2.24, 2.45) is 0 Å². The van der Waals surface area contributed by atoms with E-state index in [0.717, 1.165) is 24.3 Å². The number of ether oxygens (including phenoxy) is 2. The van der Waals surface area contributed by atoms with Crippen LogP contribution >= 0.6 is 0 Å². The summed E-state index contributed by atoms with van der Waals surface area (Å²) in [5.41, 5.74) is -0.464. The summed E-state index contributed by atoms with van der Waals surface area (Å²) in [5, 5.41) is 0. The molecule has 186 valence electrons. The fourth-order valence-electron chi connectivity index (χ4n) is 3.49. The van der Waals surface area contributed by atoms with Gasteiger partial charge in [0.15, 0.2) is 34.7 Å². The minimum Gasteiger partial charge on any atom is -0.461 e. The van der Waals surface area contributed by atoms with Crippen LogP contribution in [0.1, 0.15) is 46.2 Å². The molecule has 0 unspecified atom stereocenters. The van der Waals surface area contributed by atoms with E-state index >= 15 is 0 Å². The molecule has 0 spiro atoms. The molecule has 8 nitrogen and oxygen atoms in total. The number of benzene rings is 2. The van der Waals surface area contributed by atoms with E-state index in [1.165, 1.54) is 0 Å².